The van der Waals surface area contributed by atoms with Crippen LogP contribution in [0.4, 0.5) is 11.5 Å². The summed E-state index contributed by atoms with van der Waals surface area (Å²) < 4.78 is 5.63. The number of anilines is 1. The molecule has 0 unspecified atom stereocenters. The van der Waals surface area contributed by atoms with E-state index in [2.05, 4.69) is 11.9 Å². The lowest BCUT2D eigenvalue weighted by Gasteiger charge is -2.10. The lowest BCUT2D eigenvalue weighted by molar-refractivity contribution is -0.385. The van der Waals surface area contributed by atoms with Gasteiger partial charge < -0.3 is 10.5 Å². The van der Waals surface area contributed by atoms with Crippen LogP contribution < -0.4 is 10.5 Å². The van der Waals surface area contributed by atoms with Gasteiger partial charge in [0.05, 0.1) is 17.0 Å². The summed E-state index contributed by atoms with van der Waals surface area (Å²) >= 11 is 0. The second kappa shape index (κ2) is 6.18. The van der Waals surface area contributed by atoms with Crippen LogP contribution in [-0.2, 0) is 0 Å². The zero-order valence-corrected chi connectivity index (χ0v) is 11.3. The number of benzene rings is 1. The fourth-order valence-electron chi connectivity index (χ4n) is 2.04. The van der Waals surface area contributed by atoms with Crippen LogP contribution in [0.15, 0.2) is 24.3 Å². The lowest BCUT2D eigenvalue weighted by Crippen LogP contribution is -2.05. The normalized spacial score (nSPS) is 10.7. The van der Waals surface area contributed by atoms with Crippen LogP contribution in [0.25, 0.3) is 10.9 Å². The van der Waals surface area contributed by atoms with Gasteiger partial charge in [-0.3, -0.25) is 10.1 Å². The molecule has 0 amide bonds. The second-order valence-corrected chi connectivity index (χ2v) is 4.50. The molecule has 2 aromatic rings. The van der Waals surface area contributed by atoms with Crippen LogP contribution in [0.5, 0.6) is 5.75 Å². The van der Waals surface area contributed by atoms with Crippen LogP contribution in [0, 0.1) is 10.1 Å². The summed E-state index contributed by atoms with van der Waals surface area (Å²) in [5.41, 5.74) is 6.03. The number of hydrogen-bond donors (Lipinski definition) is 1. The van der Waals surface area contributed by atoms with Gasteiger partial charge in [-0.25, -0.2) is 4.98 Å². The van der Waals surface area contributed by atoms with Crippen LogP contribution in [0.2, 0.25) is 0 Å². The molecule has 0 spiro atoms. The minimum atomic E-state index is -0.538. The van der Waals surface area contributed by atoms with E-state index in [1.807, 2.05) is 6.07 Å². The number of nitrogen functional groups attached to an aromatic ring is 1. The monoisotopic (exact) mass is 275 g/mol. The largest absolute Gasteiger partial charge is 0.486 e. The van der Waals surface area contributed by atoms with Crippen LogP contribution in [0.1, 0.15) is 26.2 Å². The highest BCUT2D eigenvalue weighted by Gasteiger charge is 2.24. The number of aromatic nitrogens is 1. The highest BCUT2D eigenvalue weighted by Crippen LogP contribution is 2.38. The Kier molecular flexibility index (Phi) is 4.34. The smallest absolute Gasteiger partial charge is 0.353 e. The molecular weight excluding hydrogens is 258 g/mol. The van der Waals surface area contributed by atoms with Crippen LogP contribution >= 0.6 is 0 Å². The summed E-state index contributed by atoms with van der Waals surface area (Å²) in [6, 6.07) is 7.11. The molecule has 0 saturated heterocycles. The molecule has 106 valence electrons. The van der Waals surface area contributed by atoms with Gasteiger partial charge in [0.25, 0.3) is 0 Å². The van der Waals surface area contributed by atoms with Gasteiger partial charge in [0.15, 0.2) is 0 Å². The van der Waals surface area contributed by atoms with Gasteiger partial charge in [0, 0.05) is 5.39 Å². The molecule has 0 bridgehead atoms. The third-order valence-corrected chi connectivity index (χ3v) is 3.02. The number of nitro groups is 1. The Morgan fingerprint density at radius 2 is 2.10 bits per heavy atom. The molecule has 6 heteroatoms. The fourth-order valence-corrected chi connectivity index (χ4v) is 2.04. The summed E-state index contributed by atoms with van der Waals surface area (Å²) in [4.78, 5) is 14.7. The Labute approximate surface area is 116 Å². The number of pyridine rings is 1. The summed E-state index contributed by atoms with van der Waals surface area (Å²) in [5.74, 6) is 0.105. The summed E-state index contributed by atoms with van der Waals surface area (Å²) in [6.45, 7) is 2.52. The highest BCUT2D eigenvalue weighted by molar-refractivity contribution is 5.92. The number of fused-ring (bicyclic) bond motifs is 1. The van der Waals surface area contributed by atoms with Crippen molar-refractivity contribution in [3.63, 3.8) is 0 Å². The molecule has 0 aliphatic carbocycles. The number of para-hydroxylation sites is 1. The second-order valence-electron chi connectivity index (χ2n) is 4.50. The van der Waals surface area contributed by atoms with E-state index in [9.17, 15) is 10.1 Å². The molecule has 0 radical (unpaired) electrons. The molecule has 20 heavy (non-hydrogen) atoms. The van der Waals surface area contributed by atoms with Gasteiger partial charge in [0.1, 0.15) is 0 Å². The van der Waals surface area contributed by atoms with Gasteiger partial charge in [-0.1, -0.05) is 31.9 Å². The molecule has 1 aromatic heterocycles. The number of unbranched alkanes of at least 4 members (excludes halogenated alkanes) is 2. The summed E-state index contributed by atoms with van der Waals surface area (Å²) in [6.07, 6.45) is 2.93. The fraction of sp³-hybridized carbons (Fsp3) is 0.357. The van der Waals surface area contributed by atoms with E-state index in [4.69, 9.17) is 10.5 Å². The average molecular weight is 275 g/mol. The van der Waals surface area contributed by atoms with Crippen molar-refractivity contribution in [2.75, 3.05) is 12.3 Å². The lowest BCUT2D eigenvalue weighted by atomic mass is 10.2. The molecule has 0 aliphatic heterocycles. The predicted octanol–water partition coefficient (Wildman–Crippen LogP) is 3.29. The number of ether oxygens (including phenoxy) is 1. The van der Waals surface area contributed by atoms with Crippen molar-refractivity contribution in [3.8, 4) is 5.75 Å². The average Bonchev–Trinajstić information content (AvgIpc) is 2.42. The minimum Gasteiger partial charge on any atom is -0.486 e. The Balaban J connectivity index is 2.46. The first kappa shape index (κ1) is 14.0. The van der Waals surface area contributed by atoms with Crippen LogP contribution in [-0.4, -0.2) is 16.5 Å². The SMILES string of the molecule is CCCCCOc1c([N+](=O)[O-])c(N)nc2ccccc12. The first-order valence-electron chi connectivity index (χ1n) is 6.60. The number of hydrogen-bond acceptors (Lipinski definition) is 5. The van der Waals surface area contributed by atoms with Gasteiger partial charge in [-0.15, -0.1) is 0 Å². The van der Waals surface area contributed by atoms with Crippen molar-refractivity contribution >= 4 is 22.4 Å². The molecular formula is C14H17N3O3. The van der Waals surface area contributed by atoms with Crippen molar-refractivity contribution in [2.24, 2.45) is 0 Å². The molecule has 0 saturated carbocycles. The van der Waals surface area contributed by atoms with E-state index >= 15 is 0 Å². The molecule has 0 atom stereocenters. The van der Waals surface area contributed by atoms with E-state index in [0.717, 1.165) is 19.3 Å². The maximum atomic E-state index is 11.2. The van der Waals surface area contributed by atoms with Crippen molar-refractivity contribution in [1.82, 2.24) is 4.98 Å². The topological polar surface area (TPSA) is 91.3 Å². The Morgan fingerprint density at radius 3 is 2.80 bits per heavy atom. The number of rotatable bonds is 6. The zero-order chi connectivity index (χ0) is 14.5. The Bertz CT molecular complexity index is 628. The molecule has 0 fully saturated rings. The minimum absolute atomic E-state index is 0.112. The van der Waals surface area contributed by atoms with Gasteiger partial charge in [-0.2, -0.15) is 0 Å². The molecule has 6 nitrogen and oxygen atoms in total. The van der Waals surface area contributed by atoms with Crippen molar-refractivity contribution in [3.05, 3.63) is 34.4 Å². The Morgan fingerprint density at radius 1 is 1.35 bits per heavy atom. The van der Waals surface area contributed by atoms with E-state index in [1.54, 1.807) is 18.2 Å². The van der Waals surface area contributed by atoms with E-state index < -0.39 is 4.92 Å². The third kappa shape index (κ3) is 2.79. The molecule has 1 heterocycles. The van der Waals surface area contributed by atoms with E-state index in [0.29, 0.717) is 17.5 Å². The third-order valence-electron chi connectivity index (χ3n) is 3.02. The van der Waals surface area contributed by atoms with Gasteiger partial charge in [0.2, 0.25) is 11.6 Å². The quantitative estimate of drug-likeness (QED) is 0.496. The Hall–Kier alpha value is -2.37. The molecule has 2 rings (SSSR count). The first-order chi connectivity index (χ1) is 9.65. The van der Waals surface area contributed by atoms with E-state index in [1.165, 1.54) is 0 Å². The maximum absolute atomic E-state index is 11.2. The predicted molar refractivity (Wildman–Crippen MR) is 77.8 cm³/mol. The number of nitrogens with zero attached hydrogens (tertiary/aromatic N) is 2. The molecule has 1 aromatic carbocycles. The van der Waals surface area contributed by atoms with Crippen molar-refractivity contribution in [2.45, 2.75) is 26.2 Å². The van der Waals surface area contributed by atoms with Crippen molar-refractivity contribution in [1.29, 1.82) is 0 Å². The van der Waals surface area contributed by atoms with E-state index in [-0.39, 0.29) is 17.3 Å². The van der Waals surface area contributed by atoms with Gasteiger partial charge >= 0.3 is 5.69 Å². The zero-order valence-electron chi connectivity index (χ0n) is 11.3. The van der Waals surface area contributed by atoms with Crippen LogP contribution in [0.3, 0.4) is 0 Å². The summed E-state index contributed by atoms with van der Waals surface area (Å²) in [7, 11) is 0. The molecule has 0 aliphatic rings. The standard InChI is InChI=1S/C14H17N3O3/c1-2-3-6-9-20-13-10-7-4-5-8-11(10)16-14(15)12(13)17(18)19/h4-5,7-8H,2-3,6,9H2,1H3,(H2,15,16). The first-order valence-corrected chi connectivity index (χ1v) is 6.60. The van der Waals surface area contributed by atoms with Gasteiger partial charge in [-0.05, 0) is 18.6 Å². The molecule has 2 N–H and O–H groups in total. The number of nitrogens with two attached hydrogens (primary N) is 1. The summed E-state index contributed by atoms with van der Waals surface area (Å²) in [5, 5.41) is 11.8. The van der Waals surface area contributed by atoms with Crippen molar-refractivity contribution < 1.29 is 9.66 Å². The highest BCUT2D eigenvalue weighted by atomic mass is 16.6. The maximum Gasteiger partial charge on any atom is 0.353 e.